The summed E-state index contributed by atoms with van der Waals surface area (Å²) in [4.78, 5) is 25.6. The molecule has 0 bridgehead atoms. The quantitative estimate of drug-likeness (QED) is 0.423. The highest BCUT2D eigenvalue weighted by Gasteiger charge is 2.28. The second kappa shape index (κ2) is 8.61. The zero-order chi connectivity index (χ0) is 24.7. The number of nitrogens with two attached hydrogens (primary N) is 1. The van der Waals surface area contributed by atoms with Crippen LogP contribution in [0.25, 0.3) is 22.3 Å². The van der Waals surface area contributed by atoms with Crippen molar-refractivity contribution >= 4 is 43.5 Å². The van der Waals surface area contributed by atoms with Crippen LogP contribution in [0.4, 0.5) is 5.13 Å². The van der Waals surface area contributed by atoms with Gasteiger partial charge in [-0.15, -0.1) is 0 Å². The van der Waals surface area contributed by atoms with Gasteiger partial charge in [-0.2, -0.15) is 17.8 Å². The fourth-order valence-electron chi connectivity index (χ4n) is 3.24. The van der Waals surface area contributed by atoms with Gasteiger partial charge in [-0.3, -0.25) is 4.79 Å². The van der Waals surface area contributed by atoms with Gasteiger partial charge in [0.1, 0.15) is 5.69 Å². The van der Waals surface area contributed by atoms with Gasteiger partial charge in [0.25, 0.3) is 15.9 Å². The van der Waals surface area contributed by atoms with Gasteiger partial charge in [-0.25, -0.2) is 14.7 Å². The molecule has 0 atom stereocenters. The number of methoxy groups -OCH3 is 1. The highest BCUT2D eigenvalue weighted by Crippen LogP contribution is 2.29. The summed E-state index contributed by atoms with van der Waals surface area (Å²) in [5, 5.41) is 0.660. The number of nitrogens with zero attached hydrogens (tertiary/aromatic N) is 4. The zero-order valence-corrected chi connectivity index (χ0v) is 20.5. The van der Waals surface area contributed by atoms with Crippen molar-refractivity contribution < 1.29 is 17.9 Å². The van der Waals surface area contributed by atoms with Crippen molar-refractivity contribution in [3.63, 3.8) is 0 Å². The summed E-state index contributed by atoms with van der Waals surface area (Å²) >= 11 is 1.07. The maximum Gasteiger partial charge on any atom is 0.285 e. The second-order valence-electron chi connectivity index (χ2n) is 8.41. The van der Waals surface area contributed by atoms with Crippen molar-refractivity contribution in [2.45, 2.75) is 31.2 Å². The number of fused-ring (bicyclic) bond motifs is 1. The van der Waals surface area contributed by atoms with Crippen LogP contribution in [0.2, 0.25) is 0 Å². The van der Waals surface area contributed by atoms with Crippen LogP contribution in [0.15, 0.2) is 47.5 Å². The maximum absolute atomic E-state index is 13.1. The smallest absolute Gasteiger partial charge is 0.285 e. The Hall–Kier alpha value is -3.64. The van der Waals surface area contributed by atoms with Gasteiger partial charge in [0.2, 0.25) is 5.03 Å². The third-order valence-electron chi connectivity index (χ3n) is 4.94. The van der Waals surface area contributed by atoms with Crippen molar-refractivity contribution in [3.8, 4) is 17.1 Å². The Balaban J connectivity index is 1.68. The Morgan fingerprint density at radius 3 is 2.47 bits per heavy atom. The van der Waals surface area contributed by atoms with Gasteiger partial charge < -0.3 is 10.5 Å². The van der Waals surface area contributed by atoms with Crippen LogP contribution < -0.4 is 15.2 Å². The molecule has 176 valence electrons. The lowest BCUT2D eigenvalue weighted by atomic mass is 9.92. The van der Waals surface area contributed by atoms with E-state index in [4.69, 9.17) is 10.5 Å². The van der Waals surface area contributed by atoms with Gasteiger partial charge >= 0.3 is 0 Å². The van der Waals surface area contributed by atoms with Crippen molar-refractivity contribution in [2.24, 2.45) is 0 Å². The summed E-state index contributed by atoms with van der Waals surface area (Å²) in [7, 11) is -3.01. The molecule has 0 aliphatic heterocycles. The molecule has 4 rings (SSSR count). The van der Waals surface area contributed by atoms with Crippen LogP contribution in [0.3, 0.4) is 0 Å². The number of ether oxygens (including phenoxy) is 1. The van der Waals surface area contributed by atoms with Crippen LogP contribution in [0.5, 0.6) is 5.75 Å². The summed E-state index contributed by atoms with van der Waals surface area (Å²) in [5.74, 6) is -0.417. The van der Waals surface area contributed by atoms with Crippen molar-refractivity contribution in [1.82, 2.24) is 24.0 Å². The summed E-state index contributed by atoms with van der Waals surface area (Å²) in [6, 6.07) is 11.6. The molecular formula is C22H22N6O4S2. The first-order valence-corrected chi connectivity index (χ1v) is 12.4. The first kappa shape index (κ1) is 23.5. The highest BCUT2D eigenvalue weighted by atomic mass is 32.2. The number of rotatable bonds is 5. The molecule has 4 aromatic rings. The highest BCUT2D eigenvalue weighted by molar-refractivity contribution is 7.90. The number of nitrogens with one attached hydrogen (secondary N) is 1. The number of carbonyl (C=O) groups excluding carboxylic acids is 1. The normalized spacial score (nSPS) is 12.0. The molecule has 10 nitrogen and oxygen atoms in total. The number of sulfonamides is 1. The number of hydrogen-bond acceptors (Lipinski definition) is 10. The molecule has 0 aliphatic rings. The lowest BCUT2D eigenvalue weighted by molar-refractivity contribution is 0.0977. The third-order valence-corrected chi connectivity index (χ3v) is 6.74. The molecule has 3 N–H and O–H groups in total. The Kier molecular flexibility index (Phi) is 5.96. The van der Waals surface area contributed by atoms with Gasteiger partial charge in [0.05, 0.1) is 12.6 Å². The van der Waals surface area contributed by atoms with Crippen LogP contribution in [-0.4, -0.2) is 40.8 Å². The van der Waals surface area contributed by atoms with E-state index in [9.17, 15) is 13.2 Å². The Morgan fingerprint density at radius 2 is 1.82 bits per heavy atom. The van der Waals surface area contributed by atoms with Gasteiger partial charge in [0.15, 0.2) is 16.7 Å². The topological polar surface area (TPSA) is 150 Å². The lowest BCUT2D eigenvalue weighted by Gasteiger charge is -2.19. The number of benzene rings is 1. The number of hydrogen-bond donors (Lipinski definition) is 2. The van der Waals surface area contributed by atoms with E-state index in [1.807, 2.05) is 31.6 Å². The number of aromatic nitrogens is 4. The van der Waals surface area contributed by atoms with Crippen LogP contribution in [0.1, 0.15) is 37.0 Å². The molecule has 1 aromatic carbocycles. The molecular weight excluding hydrogens is 476 g/mol. The van der Waals surface area contributed by atoms with Gasteiger partial charge in [0, 0.05) is 33.6 Å². The number of carbonyl (C=O) groups is 1. The van der Waals surface area contributed by atoms with E-state index in [0.717, 1.165) is 11.5 Å². The predicted molar refractivity (Wildman–Crippen MR) is 129 cm³/mol. The Bertz CT molecular complexity index is 1510. The van der Waals surface area contributed by atoms with E-state index >= 15 is 0 Å². The maximum atomic E-state index is 13.1. The van der Waals surface area contributed by atoms with E-state index in [0.29, 0.717) is 33.1 Å². The van der Waals surface area contributed by atoms with Crippen LogP contribution >= 0.6 is 11.5 Å². The minimum absolute atomic E-state index is 0.0273. The number of anilines is 1. The molecule has 3 heterocycles. The molecule has 1 amide bonds. The average Bonchev–Trinajstić information content (AvgIpc) is 3.23. The second-order valence-corrected chi connectivity index (χ2v) is 10.8. The Morgan fingerprint density at radius 1 is 1.06 bits per heavy atom. The summed E-state index contributed by atoms with van der Waals surface area (Å²) < 4.78 is 37.5. The standard InChI is InChI=1S/C22H22N6O4S2/c1-22(2,3)17-11-10-16(32-4)20(25-17)34(30,31)28-19(29)15-9-8-12-13(6-5-7-14(12)24-15)18-26-21(23)33-27-18/h5-11H,1-4H3,(H,28,29)(H2,23,26,27). The number of pyridine rings is 2. The van der Waals surface area contributed by atoms with Crippen LogP contribution in [-0.2, 0) is 15.4 Å². The molecule has 12 heteroatoms. The van der Waals surface area contributed by atoms with E-state index in [-0.39, 0.29) is 16.5 Å². The lowest BCUT2D eigenvalue weighted by Crippen LogP contribution is -2.32. The molecule has 0 radical (unpaired) electrons. The fourth-order valence-corrected chi connectivity index (χ4v) is 4.76. The fraction of sp³-hybridized carbons (Fsp3) is 0.227. The first-order chi connectivity index (χ1) is 16.0. The molecule has 3 aromatic heterocycles. The molecule has 0 saturated carbocycles. The van der Waals surface area contributed by atoms with Gasteiger partial charge in [-0.05, 0) is 30.3 Å². The molecule has 0 spiro atoms. The average molecular weight is 499 g/mol. The van der Waals surface area contributed by atoms with Crippen LogP contribution in [0, 0.1) is 0 Å². The molecule has 0 saturated heterocycles. The minimum atomic E-state index is -4.34. The Labute approximate surface area is 200 Å². The van der Waals surface area contributed by atoms with E-state index in [2.05, 4.69) is 19.3 Å². The zero-order valence-electron chi connectivity index (χ0n) is 18.9. The summed E-state index contributed by atoms with van der Waals surface area (Å²) in [6.07, 6.45) is 0. The molecule has 0 unspecified atom stereocenters. The summed E-state index contributed by atoms with van der Waals surface area (Å²) in [5.41, 5.74) is 6.91. The van der Waals surface area contributed by atoms with Crippen molar-refractivity contribution in [3.05, 3.63) is 53.9 Å². The van der Waals surface area contributed by atoms with E-state index in [1.165, 1.54) is 19.2 Å². The van der Waals surface area contributed by atoms with E-state index in [1.54, 1.807) is 24.3 Å². The monoisotopic (exact) mass is 498 g/mol. The molecule has 0 fully saturated rings. The third kappa shape index (κ3) is 4.54. The first-order valence-electron chi connectivity index (χ1n) is 10.1. The minimum Gasteiger partial charge on any atom is -0.494 e. The SMILES string of the molecule is COc1ccc(C(C)(C)C)nc1S(=O)(=O)NC(=O)c1ccc2c(-c3nsc(N)n3)cccc2n1. The number of amides is 1. The van der Waals surface area contributed by atoms with Crippen molar-refractivity contribution in [2.75, 3.05) is 12.8 Å². The van der Waals surface area contributed by atoms with E-state index < -0.39 is 21.3 Å². The van der Waals surface area contributed by atoms with Gasteiger partial charge in [-0.1, -0.05) is 32.9 Å². The predicted octanol–water partition coefficient (Wildman–Crippen LogP) is 3.16. The largest absolute Gasteiger partial charge is 0.494 e. The number of nitrogen functional groups attached to an aromatic ring is 1. The molecule has 0 aliphatic carbocycles. The molecule has 34 heavy (non-hydrogen) atoms. The van der Waals surface area contributed by atoms with Crippen molar-refractivity contribution in [1.29, 1.82) is 0 Å². The summed E-state index contributed by atoms with van der Waals surface area (Å²) in [6.45, 7) is 5.71.